The van der Waals surface area contributed by atoms with E-state index in [4.69, 9.17) is 9.47 Å². The van der Waals surface area contributed by atoms with Crippen LogP contribution < -0.4 is 10.6 Å². The average molecular weight is 530 g/mol. The van der Waals surface area contributed by atoms with Crippen molar-refractivity contribution in [2.75, 3.05) is 47.0 Å². The van der Waals surface area contributed by atoms with Gasteiger partial charge in [-0.15, -0.1) is 35.3 Å². The number of guanidine groups is 1. The first-order chi connectivity index (χ1) is 13.8. The number of hydrogen-bond acceptors (Lipinski definition) is 5. The molecule has 0 saturated carbocycles. The zero-order valence-corrected chi connectivity index (χ0v) is 20.2. The lowest BCUT2D eigenvalue weighted by atomic mass is 10.1. The van der Waals surface area contributed by atoms with Crippen LogP contribution in [-0.2, 0) is 22.6 Å². The third-order valence-corrected chi connectivity index (χ3v) is 5.78. The number of benzene rings is 1. The summed E-state index contributed by atoms with van der Waals surface area (Å²) in [6.07, 6.45) is 0. The molecule has 160 valence electrons. The van der Waals surface area contributed by atoms with Gasteiger partial charge in [-0.05, 0) is 22.6 Å². The van der Waals surface area contributed by atoms with Crippen LogP contribution in [0.3, 0.4) is 0 Å². The molecule has 1 unspecified atom stereocenters. The summed E-state index contributed by atoms with van der Waals surface area (Å²) in [5.74, 6) is 0.812. The van der Waals surface area contributed by atoms with Crippen LogP contribution in [0.2, 0.25) is 0 Å². The number of aliphatic imine (C=N–C) groups is 1. The maximum absolute atomic E-state index is 5.52. The standard InChI is InChI=1S/C21H30N4O2S.HI/c1-22-21(23-14-17-5-3-6-18(13-17)16-26-2)24-15-19(20-7-4-12-28-20)25-8-10-27-11-9-25;/h3-7,12-13,19H,8-11,14-16H2,1-2H3,(H2,22,23,24);1H. The maximum atomic E-state index is 5.52. The van der Waals surface area contributed by atoms with E-state index in [1.54, 1.807) is 18.4 Å². The molecule has 2 aromatic rings. The predicted molar refractivity (Wildman–Crippen MR) is 130 cm³/mol. The monoisotopic (exact) mass is 530 g/mol. The van der Waals surface area contributed by atoms with Crippen LogP contribution in [0.25, 0.3) is 0 Å². The molecule has 1 fully saturated rings. The molecule has 0 amide bonds. The first-order valence-electron chi connectivity index (χ1n) is 9.66. The van der Waals surface area contributed by atoms with Crippen molar-refractivity contribution in [3.63, 3.8) is 0 Å². The Kier molecular flexibility index (Phi) is 10.9. The van der Waals surface area contributed by atoms with Crippen molar-refractivity contribution >= 4 is 41.3 Å². The Balaban J connectivity index is 0.00000300. The van der Waals surface area contributed by atoms with Gasteiger partial charge < -0.3 is 20.1 Å². The molecule has 3 rings (SSSR count). The van der Waals surface area contributed by atoms with Gasteiger partial charge in [-0.3, -0.25) is 9.89 Å². The van der Waals surface area contributed by atoms with Crippen LogP contribution in [0.5, 0.6) is 0 Å². The van der Waals surface area contributed by atoms with E-state index in [9.17, 15) is 0 Å². The predicted octanol–water partition coefficient (Wildman–Crippen LogP) is 3.25. The summed E-state index contributed by atoms with van der Waals surface area (Å²) in [6, 6.07) is 13.1. The highest BCUT2D eigenvalue weighted by atomic mass is 127. The Bertz CT molecular complexity index is 736. The molecule has 2 N–H and O–H groups in total. The number of methoxy groups -OCH3 is 1. The molecule has 0 radical (unpaired) electrons. The minimum Gasteiger partial charge on any atom is -0.380 e. The topological polar surface area (TPSA) is 58.1 Å². The molecule has 8 heteroatoms. The van der Waals surface area contributed by atoms with Crippen molar-refractivity contribution in [2.45, 2.75) is 19.2 Å². The first-order valence-corrected chi connectivity index (χ1v) is 10.5. The van der Waals surface area contributed by atoms with E-state index in [1.807, 2.05) is 7.05 Å². The minimum atomic E-state index is 0. The molecule has 1 aromatic heterocycles. The van der Waals surface area contributed by atoms with Crippen molar-refractivity contribution in [1.29, 1.82) is 0 Å². The summed E-state index contributed by atoms with van der Waals surface area (Å²) >= 11 is 1.81. The number of morpholine rings is 1. The molecule has 1 aromatic carbocycles. The quantitative estimate of drug-likeness (QED) is 0.312. The number of rotatable bonds is 8. The van der Waals surface area contributed by atoms with E-state index < -0.39 is 0 Å². The van der Waals surface area contributed by atoms with Crippen LogP contribution in [0.4, 0.5) is 0 Å². The Morgan fingerprint density at radius 2 is 2.00 bits per heavy atom. The average Bonchev–Trinajstić information content (AvgIpc) is 3.26. The van der Waals surface area contributed by atoms with E-state index in [1.165, 1.54) is 16.0 Å². The fourth-order valence-corrected chi connectivity index (χ4v) is 4.24. The van der Waals surface area contributed by atoms with Crippen molar-refractivity contribution < 1.29 is 9.47 Å². The van der Waals surface area contributed by atoms with Crippen molar-refractivity contribution in [2.24, 2.45) is 4.99 Å². The third kappa shape index (κ3) is 7.53. The lowest BCUT2D eigenvalue weighted by molar-refractivity contribution is 0.0177. The largest absolute Gasteiger partial charge is 0.380 e. The smallest absolute Gasteiger partial charge is 0.191 e. The van der Waals surface area contributed by atoms with E-state index in [0.717, 1.165) is 45.4 Å². The summed E-state index contributed by atoms with van der Waals surface area (Å²) in [5.41, 5.74) is 2.38. The van der Waals surface area contributed by atoms with Crippen molar-refractivity contribution in [1.82, 2.24) is 15.5 Å². The van der Waals surface area contributed by atoms with Crippen LogP contribution in [0.15, 0.2) is 46.8 Å². The second-order valence-corrected chi connectivity index (χ2v) is 7.72. The second-order valence-electron chi connectivity index (χ2n) is 6.74. The Labute approximate surface area is 194 Å². The number of halogens is 1. The second kappa shape index (κ2) is 13.2. The summed E-state index contributed by atoms with van der Waals surface area (Å²) in [6.45, 7) is 5.68. The molecule has 1 aliphatic heterocycles. The SMILES string of the molecule is CN=C(NCc1cccc(COC)c1)NCC(c1cccs1)N1CCOCC1.I. The zero-order valence-electron chi connectivity index (χ0n) is 17.1. The molecule has 1 saturated heterocycles. The van der Waals surface area contributed by atoms with Gasteiger partial charge in [0, 0.05) is 45.2 Å². The van der Waals surface area contributed by atoms with Gasteiger partial charge >= 0.3 is 0 Å². The minimum absolute atomic E-state index is 0. The van der Waals surface area contributed by atoms with Crippen LogP contribution in [-0.4, -0.2) is 57.9 Å². The van der Waals surface area contributed by atoms with Gasteiger partial charge in [-0.25, -0.2) is 0 Å². The van der Waals surface area contributed by atoms with Crippen molar-refractivity contribution in [3.8, 4) is 0 Å². The maximum Gasteiger partial charge on any atom is 0.191 e. The molecule has 1 atom stereocenters. The number of ether oxygens (including phenoxy) is 2. The highest BCUT2D eigenvalue weighted by molar-refractivity contribution is 14.0. The van der Waals surface area contributed by atoms with E-state index in [0.29, 0.717) is 12.6 Å². The molecule has 29 heavy (non-hydrogen) atoms. The van der Waals surface area contributed by atoms with Gasteiger partial charge in [0.15, 0.2) is 5.96 Å². The van der Waals surface area contributed by atoms with E-state index in [-0.39, 0.29) is 24.0 Å². The van der Waals surface area contributed by atoms with Crippen LogP contribution in [0.1, 0.15) is 22.0 Å². The molecule has 2 heterocycles. The fourth-order valence-electron chi connectivity index (χ4n) is 3.38. The molecule has 0 bridgehead atoms. The van der Waals surface area contributed by atoms with Crippen LogP contribution >= 0.6 is 35.3 Å². The third-order valence-electron chi connectivity index (χ3n) is 4.81. The normalized spacial score (nSPS) is 16.1. The molecule has 6 nitrogen and oxygen atoms in total. The Morgan fingerprint density at radius 3 is 2.69 bits per heavy atom. The number of nitrogens with zero attached hydrogens (tertiary/aromatic N) is 2. The highest BCUT2D eigenvalue weighted by Gasteiger charge is 2.23. The number of hydrogen-bond donors (Lipinski definition) is 2. The lowest BCUT2D eigenvalue weighted by Crippen LogP contribution is -2.46. The molecular formula is C21H31IN4O2S. The van der Waals surface area contributed by atoms with Gasteiger partial charge in [0.2, 0.25) is 0 Å². The van der Waals surface area contributed by atoms with Gasteiger partial charge in [-0.2, -0.15) is 0 Å². The molecule has 0 spiro atoms. The summed E-state index contributed by atoms with van der Waals surface area (Å²) in [4.78, 5) is 8.25. The number of nitrogens with one attached hydrogen (secondary N) is 2. The van der Waals surface area contributed by atoms with Gasteiger partial charge in [-0.1, -0.05) is 30.3 Å². The number of thiophene rings is 1. The Morgan fingerprint density at radius 1 is 1.21 bits per heavy atom. The summed E-state index contributed by atoms with van der Waals surface area (Å²) in [7, 11) is 3.53. The highest BCUT2D eigenvalue weighted by Crippen LogP contribution is 2.25. The molecular weight excluding hydrogens is 499 g/mol. The Hall–Kier alpha value is -1.20. The van der Waals surface area contributed by atoms with Crippen molar-refractivity contribution in [3.05, 3.63) is 57.8 Å². The zero-order chi connectivity index (χ0) is 19.6. The van der Waals surface area contributed by atoms with E-state index >= 15 is 0 Å². The molecule has 1 aliphatic rings. The lowest BCUT2D eigenvalue weighted by Gasteiger charge is -2.34. The fraction of sp³-hybridized carbons (Fsp3) is 0.476. The summed E-state index contributed by atoms with van der Waals surface area (Å²) < 4.78 is 10.7. The first kappa shape index (κ1) is 24.1. The van der Waals surface area contributed by atoms with E-state index in [2.05, 4.69) is 62.3 Å². The van der Waals surface area contributed by atoms with Gasteiger partial charge in [0.25, 0.3) is 0 Å². The van der Waals surface area contributed by atoms with Gasteiger partial charge in [0.05, 0.1) is 25.9 Å². The molecule has 0 aliphatic carbocycles. The summed E-state index contributed by atoms with van der Waals surface area (Å²) in [5, 5.41) is 9.06. The van der Waals surface area contributed by atoms with Crippen LogP contribution in [0, 0.1) is 0 Å². The van der Waals surface area contributed by atoms with Gasteiger partial charge in [0.1, 0.15) is 0 Å².